The number of para-hydroxylation sites is 1. The van der Waals surface area contributed by atoms with E-state index in [-0.39, 0.29) is 5.28 Å². The minimum Gasteiger partial charge on any atom is -0.367 e. The average Bonchev–Trinajstić information content (AvgIpc) is 2.35. The molecule has 4 heteroatoms. The first-order valence-electron chi connectivity index (χ1n) is 5.93. The van der Waals surface area contributed by atoms with Gasteiger partial charge in [0.1, 0.15) is 5.82 Å². The summed E-state index contributed by atoms with van der Waals surface area (Å²) in [5.41, 5.74) is 0.876. The van der Waals surface area contributed by atoms with Crippen molar-refractivity contribution in [3.05, 3.63) is 29.5 Å². The highest BCUT2D eigenvalue weighted by molar-refractivity contribution is 6.28. The second-order valence-corrected chi connectivity index (χ2v) is 4.35. The van der Waals surface area contributed by atoms with E-state index in [9.17, 15) is 0 Å². The Hall–Kier alpha value is -1.35. The molecule has 0 aliphatic heterocycles. The van der Waals surface area contributed by atoms with E-state index in [0.29, 0.717) is 6.04 Å². The molecule has 0 aliphatic carbocycles. The molecule has 1 aromatic heterocycles. The molecule has 1 heterocycles. The second-order valence-electron chi connectivity index (χ2n) is 4.02. The molecule has 2 rings (SSSR count). The Labute approximate surface area is 106 Å². The van der Waals surface area contributed by atoms with Crippen LogP contribution in [0.1, 0.15) is 26.7 Å². The fourth-order valence-electron chi connectivity index (χ4n) is 1.84. The SMILES string of the molecule is CCC(CC)Nc1nc(Cl)nc2ccccc12. The van der Waals surface area contributed by atoms with Crippen LogP contribution in [0.5, 0.6) is 0 Å². The van der Waals surface area contributed by atoms with E-state index in [1.54, 1.807) is 0 Å². The van der Waals surface area contributed by atoms with Gasteiger partial charge in [-0.3, -0.25) is 0 Å². The van der Waals surface area contributed by atoms with Gasteiger partial charge in [0.2, 0.25) is 5.28 Å². The van der Waals surface area contributed by atoms with Crippen molar-refractivity contribution in [2.24, 2.45) is 0 Å². The van der Waals surface area contributed by atoms with Crippen molar-refractivity contribution in [3.63, 3.8) is 0 Å². The number of halogens is 1. The van der Waals surface area contributed by atoms with Gasteiger partial charge in [-0.15, -0.1) is 0 Å². The predicted octanol–water partition coefficient (Wildman–Crippen LogP) is 3.88. The van der Waals surface area contributed by atoms with Crippen LogP contribution < -0.4 is 5.32 Å². The van der Waals surface area contributed by atoms with Crippen LogP contribution in [0.2, 0.25) is 5.28 Å². The Balaban J connectivity index is 2.44. The van der Waals surface area contributed by atoms with Crippen LogP contribution in [0.3, 0.4) is 0 Å². The lowest BCUT2D eigenvalue weighted by Crippen LogP contribution is -2.18. The van der Waals surface area contributed by atoms with Crippen LogP contribution in [-0.4, -0.2) is 16.0 Å². The minimum atomic E-state index is 0.289. The molecule has 0 aliphatic rings. The molecule has 0 fully saturated rings. The lowest BCUT2D eigenvalue weighted by atomic mass is 10.1. The number of anilines is 1. The normalized spacial score (nSPS) is 11.1. The Bertz CT molecular complexity index is 509. The van der Waals surface area contributed by atoms with Crippen molar-refractivity contribution in [2.45, 2.75) is 32.7 Å². The highest BCUT2D eigenvalue weighted by atomic mass is 35.5. The number of hydrogen-bond donors (Lipinski definition) is 1. The fraction of sp³-hybridized carbons (Fsp3) is 0.385. The molecule has 0 saturated carbocycles. The molecule has 17 heavy (non-hydrogen) atoms. The lowest BCUT2D eigenvalue weighted by molar-refractivity contribution is 0.669. The lowest BCUT2D eigenvalue weighted by Gasteiger charge is -2.16. The molecule has 0 spiro atoms. The Morgan fingerprint density at radius 1 is 1.18 bits per heavy atom. The van der Waals surface area contributed by atoms with E-state index in [2.05, 4.69) is 29.1 Å². The zero-order chi connectivity index (χ0) is 12.3. The third kappa shape index (κ3) is 2.67. The monoisotopic (exact) mass is 249 g/mol. The zero-order valence-corrected chi connectivity index (χ0v) is 10.8. The van der Waals surface area contributed by atoms with Gasteiger partial charge in [0.15, 0.2) is 0 Å². The molecule has 3 nitrogen and oxygen atoms in total. The third-order valence-corrected chi connectivity index (χ3v) is 3.07. The van der Waals surface area contributed by atoms with Gasteiger partial charge < -0.3 is 5.32 Å². The summed E-state index contributed by atoms with van der Waals surface area (Å²) >= 11 is 5.93. The van der Waals surface area contributed by atoms with Crippen LogP contribution in [-0.2, 0) is 0 Å². The summed E-state index contributed by atoms with van der Waals surface area (Å²) in [7, 11) is 0. The van der Waals surface area contributed by atoms with Gasteiger partial charge in [0, 0.05) is 11.4 Å². The highest BCUT2D eigenvalue weighted by Gasteiger charge is 2.09. The Morgan fingerprint density at radius 3 is 2.59 bits per heavy atom. The summed E-state index contributed by atoms with van der Waals surface area (Å²) in [5, 5.41) is 4.73. The molecule has 90 valence electrons. The smallest absolute Gasteiger partial charge is 0.224 e. The zero-order valence-electron chi connectivity index (χ0n) is 10.1. The summed E-state index contributed by atoms with van der Waals surface area (Å²) in [6, 6.07) is 8.31. The first kappa shape index (κ1) is 12.1. The van der Waals surface area contributed by atoms with Gasteiger partial charge in [-0.25, -0.2) is 9.97 Å². The number of nitrogens with zero attached hydrogens (tertiary/aromatic N) is 2. The summed E-state index contributed by atoms with van der Waals surface area (Å²) < 4.78 is 0. The molecule has 0 bridgehead atoms. The topological polar surface area (TPSA) is 37.8 Å². The quantitative estimate of drug-likeness (QED) is 0.836. The molecule has 2 aromatic rings. The van der Waals surface area contributed by atoms with E-state index in [1.165, 1.54) is 0 Å². The number of nitrogens with one attached hydrogen (secondary N) is 1. The fourth-order valence-corrected chi connectivity index (χ4v) is 2.02. The van der Waals surface area contributed by atoms with Gasteiger partial charge in [-0.1, -0.05) is 26.0 Å². The van der Waals surface area contributed by atoms with Crippen molar-refractivity contribution >= 4 is 28.3 Å². The molecular formula is C13H16ClN3. The summed E-state index contributed by atoms with van der Waals surface area (Å²) in [6.45, 7) is 4.32. The van der Waals surface area contributed by atoms with Crippen LogP contribution in [0.4, 0.5) is 5.82 Å². The maximum Gasteiger partial charge on any atom is 0.224 e. The maximum atomic E-state index is 5.93. The van der Waals surface area contributed by atoms with Crippen molar-refractivity contribution in [1.82, 2.24) is 9.97 Å². The summed E-state index contributed by atoms with van der Waals surface area (Å²) in [6.07, 6.45) is 2.12. The van der Waals surface area contributed by atoms with E-state index in [1.807, 2.05) is 24.3 Å². The summed E-state index contributed by atoms with van der Waals surface area (Å²) in [5.74, 6) is 0.828. The van der Waals surface area contributed by atoms with Crippen LogP contribution in [0.15, 0.2) is 24.3 Å². The number of hydrogen-bond acceptors (Lipinski definition) is 3. The van der Waals surface area contributed by atoms with E-state index in [0.717, 1.165) is 29.6 Å². The second kappa shape index (κ2) is 5.32. The molecule has 0 saturated heterocycles. The standard InChI is InChI=1S/C13H16ClN3/c1-3-9(4-2)15-12-10-7-5-6-8-11(10)16-13(14)17-12/h5-9H,3-4H2,1-2H3,(H,15,16,17). The number of rotatable bonds is 4. The highest BCUT2D eigenvalue weighted by Crippen LogP contribution is 2.23. The van der Waals surface area contributed by atoms with E-state index in [4.69, 9.17) is 11.6 Å². The Morgan fingerprint density at radius 2 is 1.88 bits per heavy atom. The minimum absolute atomic E-state index is 0.289. The molecule has 0 atom stereocenters. The van der Waals surface area contributed by atoms with Crippen molar-refractivity contribution in [1.29, 1.82) is 0 Å². The number of benzene rings is 1. The van der Waals surface area contributed by atoms with Gasteiger partial charge in [0.25, 0.3) is 0 Å². The van der Waals surface area contributed by atoms with E-state index < -0.39 is 0 Å². The molecule has 1 aromatic carbocycles. The molecule has 1 N–H and O–H groups in total. The number of fused-ring (bicyclic) bond motifs is 1. The van der Waals surface area contributed by atoms with Crippen molar-refractivity contribution in [2.75, 3.05) is 5.32 Å². The van der Waals surface area contributed by atoms with Crippen molar-refractivity contribution in [3.8, 4) is 0 Å². The van der Waals surface area contributed by atoms with E-state index >= 15 is 0 Å². The first-order valence-corrected chi connectivity index (χ1v) is 6.31. The van der Waals surface area contributed by atoms with Crippen molar-refractivity contribution < 1.29 is 0 Å². The molecule has 0 amide bonds. The van der Waals surface area contributed by atoms with Gasteiger partial charge in [0.05, 0.1) is 5.52 Å². The van der Waals surface area contributed by atoms with Crippen LogP contribution in [0, 0.1) is 0 Å². The average molecular weight is 250 g/mol. The predicted molar refractivity (Wildman–Crippen MR) is 72.5 cm³/mol. The third-order valence-electron chi connectivity index (χ3n) is 2.90. The van der Waals surface area contributed by atoms with Gasteiger partial charge in [-0.05, 0) is 36.6 Å². The summed E-state index contributed by atoms with van der Waals surface area (Å²) in [4.78, 5) is 8.49. The van der Waals surface area contributed by atoms with Crippen LogP contribution >= 0.6 is 11.6 Å². The molecular weight excluding hydrogens is 234 g/mol. The van der Waals surface area contributed by atoms with Crippen LogP contribution in [0.25, 0.3) is 10.9 Å². The first-order chi connectivity index (χ1) is 8.24. The number of aromatic nitrogens is 2. The maximum absolute atomic E-state index is 5.93. The largest absolute Gasteiger partial charge is 0.367 e. The van der Waals surface area contributed by atoms with Gasteiger partial charge in [-0.2, -0.15) is 0 Å². The molecule has 0 radical (unpaired) electrons. The Kier molecular flexibility index (Phi) is 3.79. The molecule has 0 unspecified atom stereocenters. The van der Waals surface area contributed by atoms with Gasteiger partial charge >= 0.3 is 0 Å².